The number of nitrogens with one attached hydrogen (secondary N) is 2. The van der Waals surface area contributed by atoms with E-state index in [1.165, 1.54) is 13.8 Å². The van der Waals surface area contributed by atoms with Crippen molar-refractivity contribution >= 4 is 76.9 Å². The summed E-state index contributed by atoms with van der Waals surface area (Å²) in [7, 11) is -21.2. The number of hydrogen-bond donors (Lipinski definition) is 12. The molecule has 348 valence electrons. The number of anilines is 1. The van der Waals surface area contributed by atoms with Gasteiger partial charge in [-0.25, -0.2) is 42.5 Å². The minimum Gasteiger partial charge on any atom is -0.386 e. The lowest BCUT2D eigenvalue weighted by Crippen LogP contribution is -2.46. The van der Waals surface area contributed by atoms with Crippen LogP contribution in [0.1, 0.15) is 32.2 Å². The predicted molar refractivity (Wildman–Crippen MR) is 208 cm³/mol. The fourth-order valence-corrected chi connectivity index (χ4v) is 9.59. The summed E-state index contributed by atoms with van der Waals surface area (Å²) >= 11 is 0.765. The first-order valence-corrected chi connectivity index (χ1v) is 24.6. The molecule has 1 fully saturated rings. The van der Waals surface area contributed by atoms with Gasteiger partial charge in [-0.1, -0.05) is 25.6 Å². The zero-order valence-electron chi connectivity index (χ0n) is 32.2. The topological polar surface area (TPSA) is 465 Å². The van der Waals surface area contributed by atoms with Crippen molar-refractivity contribution in [3.8, 4) is 0 Å². The number of imidazole rings is 2. The minimum absolute atomic E-state index is 0.00173. The molecule has 14 N–H and O–H groups in total. The van der Waals surface area contributed by atoms with Crippen LogP contribution >= 0.6 is 43.0 Å². The summed E-state index contributed by atoms with van der Waals surface area (Å²) in [6.07, 6.45) is -5.36. The molecule has 4 rings (SSSR count). The predicted octanol–water partition coefficient (Wildman–Crippen LogP) is -2.63. The number of carbonyl (C=O) groups excluding carboxylic acids is 3. The molecule has 62 heavy (non-hydrogen) atoms. The summed E-state index contributed by atoms with van der Waals surface area (Å²) in [6, 6.07) is -1.13. The van der Waals surface area contributed by atoms with Crippen LogP contribution in [0.3, 0.4) is 0 Å². The van der Waals surface area contributed by atoms with Crippen LogP contribution in [0.25, 0.3) is 11.2 Å². The number of thioether (sulfide) groups is 1. The number of aliphatic hydroxyl groups excluding tert-OH is 2. The average molecular weight is 985 g/mol. The third-order valence-electron chi connectivity index (χ3n) is 8.45. The largest absolute Gasteiger partial charge is 0.481 e. The van der Waals surface area contributed by atoms with Crippen LogP contribution in [0.5, 0.6) is 0 Å². The van der Waals surface area contributed by atoms with Crippen molar-refractivity contribution in [2.75, 3.05) is 37.8 Å². The second-order valence-corrected chi connectivity index (χ2v) is 20.6. The molecule has 0 saturated carbocycles. The number of nitrogen functional groups attached to an aromatic ring is 1. The number of aromatic nitrogens is 6. The van der Waals surface area contributed by atoms with Crippen molar-refractivity contribution in [2.45, 2.75) is 63.4 Å². The summed E-state index contributed by atoms with van der Waals surface area (Å²) in [5, 5.41) is 25.7. The minimum atomic E-state index is -5.61. The van der Waals surface area contributed by atoms with E-state index in [1.807, 2.05) is 0 Å². The van der Waals surface area contributed by atoms with E-state index in [0.717, 1.165) is 41.5 Å². The summed E-state index contributed by atoms with van der Waals surface area (Å²) in [5.74, 6) is -1.59. The number of rotatable bonds is 23. The van der Waals surface area contributed by atoms with Gasteiger partial charge in [0, 0.05) is 43.3 Å². The lowest BCUT2D eigenvalue weighted by Gasteiger charge is -2.30. The van der Waals surface area contributed by atoms with Crippen molar-refractivity contribution in [3.63, 3.8) is 0 Å². The SMILES string of the molecule is CC(C)(COP(=O)(O)OP(=O)(O)OCC1OC(n2cnc3c(N)ncnc32)C(O)C1OP(=O)(O)O)C(O)C(=O)NCCC(=O)NCCSC(=O)C(N)Cc1cncn1P(=O)(O)O. The summed E-state index contributed by atoms with van der Waals surface area (Å²) in [4.78, 5) is 110. The molecule has 3 aromatic heterocycles. The number of aliphatic hydroxyl groups is 2. The van der Waals surface area contributed by atoms with E-state index in [1.54, 1.807) is 0 Å². The van der Waals surface area contributed by atoms with Gasteiger partial charge in [-0.15, -0.1) is 0 Å². The van der Waals surface area contributed by atoms with E-state index in [9.17, 15) is 72.2 Å². The zero-order chi connectivity index (χ0) is 46.4. The second-order valence-electron chi connectivity index (χ2n) is 13.8. The fraction of sp³-hybridized carbons (Fsp3) is 0.593. The lowest BCUT2D eigenvalue weighted by molar-refractivity contribution is -0.137. The third-order valence-corrected chi connectivity index (χ3v) is 13.5. The Morgan fingerprint density at radius 2 is 1.68 bits per heavy atom. The average Bonchev–Trinajstić information content (AvgIpc) is 3.88. The molecule has 1 saturated heterocycles. The maximum atomic E-state index is 12.7. The van der Waals surface area contributed by atoms with E-state index >= 15 is 0 Å². The Bertz CT molecular complexity index is 2270. The van der Waals surface area contributed by atoms with Gasteiger partial charge >= 0.3 is 31.2 Å². The standard InChI is InChI=1S/C27H44N10O20P4S/c1-27(2,21(40)24(41)32-4-3-17(38)31-5-6-62-26(42)15(28)7-14-8-30-12-37(14)58(43,44)45)10-54-61(51,52)57-60(49,50)53-9-16-20(56-59(46,47)48)19(39)25(55-16)36-13-35-18-22(29)33-11-34-23(18)36/h8,11-13,15-16,19-21,25,39-40H,3-7,9-10,28H2,1-2H3,(H,31,38)(H,32,41)(H,49,50)(H,51,52)(H2,29,33,34)(H2,43,44,45)(H2,46,47,48). The van der Waals surface area contributed by atoms with Gasteiger partial charge in [-0.05, 0) is 0 Å². The third kappa shape index (κ3) is 14.4. The van der Waals surface area contributed by atoms with Crippen molar-refractivity contribution in [1.82, 2.24) is 39.5 Å². The molecule has 4 heterocycles. The van der Waals surface area contributed by atoms with Crippen LogP contribution in [0.4, 0.5) is 5.82 Å². The number of nitrogens with two attached hydrogens (primary N) is 2. The Morgan fingerprint density at radius 1 is 1.00 bits per heavy atom. The molecule has 0 radical (unpaired) electrons. The van der Waals surface area contributed by atoms with Gasteiger partial charge in [0.05, 0.1) is 31.3 Å². The number of nitrogens with zero attached hydrogens (tertiary/aromatic N) is 6. The van der Waals surface area contributed by atoms with Crippen LogP contribution in [-0.2, 0) is 61.7 Å². The van der Waals surface area contributed by atoms with Crippen LogP contribution in [0.15, 0.2) is 25.2 Å². The molecule has 0 aliphatic carbocycles. The number of phosphoric acid groups is 3. The molecule has 2 amide bonds. The molecule has 0 aromatic carbocycles. The second kappa shape index (κ2) is 20.8. The maximum Gasteiger partial charge on any atom is 0.481 e. The number of amides is 2. The lowest BCUT2D eigenvalue weighted by atomic mass is 9.87. The number of carbonyl (C=O) groups is 3. The van der Waals surface area contributed by atoms with Crippen molar-refractivity contribution in [3.05, 3.63) is 30.9 Å². The van der Waals surface area contributed by atoms with E-state index in [2.05, 4.69) is 39.4 Å². The molecule has 0 bridgehead atoms. The highest BCUT2D eigenvalue weighted by Crippen LogP contribution is 2.61. The van der Waals surface area contributed by atoms with Crippen molar-refractivity contribution in [1.29, 1.82) is 0 Å². The van der Waals surface area contributed by atoms with Crippen LogP contribution in [0, 0.1) is 5.41 Å². The quantitative estimate of drug-likeness (QED) is 0.0342. The highest BCUT2D eigenvalue weighted by molar-refractivity contribution is 8.13. The van der Waals surface area contributed by atoms with Gasteiger partial charge in [0.1, 0.15) is 42.6 Å². The van der Waals surface area contributed by atoms with Gasteiger partial charge in [0.2, 0.25) is 16.9 Å². The Morgan fingerprint density at radius 3 is 2.34 bits per heavy atom. The molecule has 8 unspecified atom stereocenters. The molecule has 1 aliphatic rings. The number of fused-ring (bicyclic) bond motifs is 1. The first-order valence-electron chi connectivity index (χ1n) is 17.5. The normalized spacial score (nSPS) is 21.5. The summed E-state index contributed by atoms with van der Waals surface area (Å²) in [6.45, 7) is 0.0259. The zero-order valence-corrected chi connectivity index (χ0v) is 36.6. The van der Waals surface area contributed by atoms with Gasteiger partial charge in [0.25, 0.3) is 0 Å². The smallest absolute Gasteiger partial charge is 0.386 e. The van der Waals surface area contributed by atoms with Gasteiger partial charge in [0.15, 0.2) is 17.7 Å². The van der Waals surface area contributed by atoms with Crippen molar-refractivity contribution in [2.24, 2.45) is 11.1 Å². The van der Waals surface area contributed by atoms with Crippen LogP contribution in [0.2, 0.25) is 0 Å². The first kappa shape index (κ1) is 51.5. The van der Waals surface area contributed by atoms with E-state index in [0.29, 0.717) is 4.34 Å². The Hall–Kier alpha value is -3.12. The first-order chi connectivity index (χ1) is 28.6. The summed E-state index contributed by atoms with van der Waals surface area (Å²) < 4.78 is 74.2. The summed E-state index contributed by atoms with van der Waals surface area (Å²) in [5.41, 5.74) is 10.0. The maximum absolute atomic E-state index is 12.7. The molecule has 0 spiro atoms. The van der Waals surface area contributed by atoms with Gasteiger partial charge in [-0.2, -0.15) is 4.31 Å². The van der Waals surface area contributed by atoms with E-state index in [4.69, 9.17) is 25.3 Å². The molecule has 3 aromatic rings. The van der Waals surface area contributed by atoms with Crippen LogP contribution < -0.4 is 22.1 Å². The van der Waals surface area contributed by atoms with Gasteiger partial charge in [-0.3, -0.25) is 32.5 Å². The molecular weight excluding hydrogens is 940 g/mol. The molecule has 1 aliphatic heterocycles. The molecule has 35 heteroatoms. The number of phosphoric ester groups is 3. The van der Waals surface area contributed by atoms with Crippen molar-refractivity contribution < 1.29 is 94.8 Å². The number of ether oxygens (including phenoxy) is 1. The Balaban J connectivity index is 1.19. The number of hydrogen-bond acceptors (Lipinski definition) is 21. The fourth-order valence-electron chi connectivity index (χ4n) is 5.39. The van der Waals surface area contributed by atoms with E-state index < -0.39 is 103 Å². The monoisotopic (exact) mass is 984 g/mol. The highest BCUT2D eigenvalue weighted by atomic mass is 32.2. The van der Waals surface area contributed by atoms with Crippen LogP contribution in [-0.4, -0.2) is 148 Å². The van der Waals surface area contributed by atoms with E-state index in [-0.39, 0.29) is 54.4 Å². The highest BCUT2D eigenvalue weighted by Gasteiger charge is 2.50. The van der Waals surface area contributed by atoms with Gasteiger partial charge < -0.3 is 66.4 Å². The Labute approximate surface area is 353 Å². The Kier molecular flexibility index (Phi) is 17.3. The molecular formula is C27H44N10O20P4S. The molecule has 30 nitrogen and oxygen atoms in total. The molecule has 8 atom stereocenters.